The van der Waals surface area contributed by atoms with Crippen molar-refractivity contribution in [2.75, 3.05) is 5.75 Å². The zero-order valence-corrected chi connectivity index (χ0v) is 19.8. The first-order valence-corrected chi connectivity index (χ1v) is 11.8. The Bertz CT molecular complexity index is 1210. The highest BCUT2D eigenvalue weighted by molar-refractivity contribution is 7.99. The maximum absolute atomic E-state index is 12.7. The number of nitrogens with one attached hydrogen (secondary N) is 1. The molecule has 1 heterocycles. The van der Waals surface area contributed by atoms with Crippen LogP contribution in [0.5, 0.6) is 0 Å². The second-order valence-corrected chi connectivity index (χ2v) is 9.69. The van der Waals surface area contributed by atoms with Gasteiger partial charge in [0.15, 0.2) is 11.0 Å². The topological polar surface area (TPSA) is 83.6 Å². The van der Waals surface area contributed by atoms with Gasteiger partial charge in [0, 0.05) is 5.56 Å². The lowest BCUT2D eigenvalue weighted by atomic mass is 9.98. The van der Waals surface area contributed by atoms with Crippen LogP contribution in [0.4, 0.5) is 0 Å². The number of carbonyl (C=O) groups excluding carboxylic acids is 1. The number of nitrogens with zero attached hydrogens (tertiary/aromatic N) is 4. The smallest absolute Gasteiger partial charge is 0.231 e. The summed E-state index contributed by atoms with van der Waals surface area (Å²) in [6.45, 7) is 5.85. The van der Waals surface area contributed by atoms with E-state index >= 15 is 0 Å². The number of rotatable bonds is 7. The van der Waals surface area contributed by atoms with Gasteiger partial charge in [0.2, 0.25) is 5.91 Å². The summed E-state index contributed by atoms with van der Waals surface area (Å²) in [5.74, 6) is 0.787. The van der Waals surface area contributed by atoms with Gasteiger partial charge in [-0.1, -0.05) is 47.6 Å². The molecule has 1 fully saturated rings. The maximum Gasteiger partial charge on any atom is 0.231 e. The van der Waals surface area contributed by atoms with Gasteiger partial charge in [0.05, 0.1) is 22.5 Å². The average molecular weight is 466 g/mol. The molecule has 1 aliphatic carbocycles. The number of aryl methyl sites for hydroxylation is 2. The highest BCUT2D eigenvalue weighted by atomic mass is 35.5. The molecule has 2 aromatic carbocycles. The Balaban J connectivity index is 1.67. The van der Waals surface area contributed by atoms with Crippen LogP contribution in [0.1, 0.15) is 30.9 Å². The second kappa shape index (κ2) is 8.97. The zero-order chi connectivity index (χ0) is 22.9. The van der Waals surface area contributed by atoms with Gasteiger partial charge < -0.3 is 5.32 Å². The molecule has 1 aliphatic rings. The van der Waals surface area contributed by atoms with Gasteiger partial charge in [-0.15, -0.1) is 10.2 Å². The van der Waals surface area contributed by atoms with Gasteiger partial charge in [0.25, 0.3) is 0 Å². The van der Waals surface area contributed by atoms with Crippen LogP contribution in [-0.4, -0.2) is 32.0 Å². The third kappa shape index (κ3) is 4.52. The molecule has 6 nitrogen and oxygen atoms in total. The van der Waals surface area contributed by atoms with Crippen LogP contribution in [0.15, 0.2) is 47.6 Å². The van der Waals surface area contributed by atoms with Crippen LogP contribution in [0.3, 0.4) is 0 Å². The van der Waals surface area contributed by atoms with Crippen molar-refractivity contribution in [1.29, 1.82) is 5.26 Å². The van der Waals surface area contributed by atoms with Crippen LogP contribution in [0.2, 0.25) is 5.02 Å². The molecule has 0 bridgehead atoms. The number of benzene rings is 2. The summed E-state index contributed by atoms with van der Waals surface area (Å²) in [6, 6.07) is 15.9. The Morgan fingerprint density at radius 3 is 2.72 bits per heavy atom. The Hall–Kier alpha value is -2.82. The molecule has 1 aromatic heterocycles. The van der Waals surface area contributed by atoms with Gasteiger partial charge in [-0.25, -0.2) is 0 Å². The Labute approximate surface area is 197 Å². The summed E-state index contributed by atoms with van der Waals surface area (Å²) in [5, 5.41) is 22.4. The van der Waals surface area contributed by atoms with E-state index in [4.69, 9.17) is 11.6 Å². The van der Waals surface area contributed by atoms with Crippen molar-refractivity contribution in [3.63, 3.8) is 0 Å². The van der Waals surface area contributed by atoms with Gasteiger partial charge in [-0.3, -0.25) is 9.36 Å². The van der Waals surface area contributed by atoms with Crippen molar-refractivity contribution >= 4 is 29.3 Å². The first-order valence-electron chi connectivity index (χ1n) is 10.5. The van der Waals surface area contributed by atoms with Gasteiger partial charge in [0.1, 0.15) is 5.54 Å². The molecule has 1 amide bonds. The number of halogens is 1. The summed E-state index contributed by atoms with van der Waals surface area (Å²) in [5.41, 5.74) is 3.05. The van der Waals surface area contributed by atoms with Crippen molar-refractivity contribution in [2.45, 2.75) is 44.3 Å². The summed E-state index contributed by atoms with van der Waals surface area (Å²) in [4.78, 5) is 12.7. The van der Waals surface area contributed by atoms with Gasteiger partial charge >= 0.3 is 0 Å². The van der Waals surface area contributed by atoms with Gasteiger partial charge in [-0.05, 0) is 68.9 Å². The maximum atomic E-state index is 12.7. The van der Waals surface area contributed by atoms with E-state index < -0.39 is 5.54 Å². The standard InChI is InChI=1S/C24H24ClN5OS/c1-15-8-9-16(2)20(12-15)30-22(18-6-4-5-7-19(18)25)28-29-23(30)32-13-21(31)27-24(3,14-26)17-10-11-17/h4-9,12,17H,10-11,13H2,1-3H3,(H,27,31). The van der Waals surface area contributed by atoms with Crippen molar-refractivity contribution < 1.29 is 4.79 Å². The minimum atomic E-state index is -0.818. The van der Waals surface area contributed by atoms with Crippen LogP contribution < -0.4 is 5.32 Å². The van der Waals surface area contributed by atoms with Crippen molar-refractivity contribution in [3.8, 4) is 23.1 Å². The third-order valence-corrected chi connectivity index (χ3v) is 6.97. The predicted octanol–water partition coefficient (Wildman–Crippen LogP) is 5.11. The third-order valence-electron chi connectivity index (χ3n) is 5.71. The largest absolute Gasteiger partial charge is 0.337 e. The molecular formula is C24H24ClN5OS. The highest BCUT2D eigenvalue weighted by Gasteiger charge is 2.43. The molecule has 0 spiro atoms. The number of hydrogen-bond donors (Lipinski definition) is 1. The number of aromatic nitrogens is 3. The van der Waals surface area contributed by atoms with Crippen LogP contribution in [0, 0.1) is 31.1 Å². The minimum absolute atomic E-state index is 0.134. The van der Waals surface area contributed by atoms with E-state index in [9.17, 15) is 10.1 Å². The number of nitriles is 1. The van der Waals surface area contributed by atoms with Crippen LogP contribution >= 0.6 is 23.4 Å². The van der Waals surface area contributed by atoms with Crippen LogP contribution in [-0.2, 0) is 4.79 Å². The Morgan fingerprint density at radius 2 is 2.03 bits per heavy atom. The first-order chi connectivity index (χ1) is 15.3. The van der Waals surface area contributed by atoms with Crippen LogP contribution in [0.25, 0.3) is 17.1 Å². The molecule has 1 saturated carbocycles. The lowest BCUT2D eigenvalue weighted by Gasteiger charge is -2.22. The lowest BCUT2D eigenvalue weighted by Crippen LogP contribution is -2.47. The number of thioether (sulfide) groups is 1. The van der Waals surface area contributed by atoms with E-state index in [0.29, 0.717) is 16.0 Å². The average Bonchev–Trinajstić information content (AvgIpc) is 3.55. The van der Waals surface area contributed by atoms with E-state index in [1.807, 2.05) is 42.7 Å². The zero-order valence-electron chi connectivity index (χ0n) is 18.2. The lowest BCUT2D eigenvalue weighted by molar-refractivity contribution is -0.119. The molecule has 164 valence electrons. The summed E-state index contributed by atoms with van der Waals surface area (Å²) in [7, 11) is 0. The van der Waals surface area contributed by atoms with Gasteiger partial charge in [-0.2, -0.15) is 5.26 Å². The summed E-state index contributed by atoms with van der Waals surface area (Å²) in [6.07, 6.45) is 1.94. The fraction of sp³-hybridized carbons (Fsp3) is 0.333. The molecule has 3 aromatic rings. The number of amides is 1. The van der Waals surface area contributed by atoms with Crippen molar-refractivity contribution in [1.82, 2.24) is 20.1 Å². The van der Waals surface area contributed by atoms with E-state index in [1.165, 1.54) is 11.8 Å². The molecule has 0 saturated heterocycles. The molecule has 4 rings (SSSR count). The molecule has 0 radical (unpaired) electrons. The monoisotopic (exact) mass is 465 g/mol. The first kappa shape index (κ1) is 22.4. The Morgan fingerprint density at radius 1 is 1.28 bits per heavy atom. The second-order valence-electron chi connectivity index (χ2n) is 8.34. The highest BCUT2D eigenvalue weighted by Crippen LogP contribution is 2.39. The van der Waals surface area contributed by atoms with Crippen molar-refractivity contribution in [2.24, 2.45) is 5.92 Å². The normalized spacial score (nSPS) is 15.1. The van der Waals surface area contributed by atoms with E-state index in [0.717, 1.165) is 35.2 Å². The summed E-state index contributed by atoms with van der Waals surface area (Å²) >= 11 is 7.76. The number of carbonyl (C=O) groups is 1. The predicted molar refractivity (Wildman–Crippen MR) is 127 cm³/mol. The quantitative estimate of drug-likeness (QED) is 0.490. The fourth-order valence-electron chi connectivity index (χ4n) is 3.70. The minimum Gasteiger partial charge on any atom is -0.337 e. The molecule has 8 heteroatoms. The molecular weight excluding hydrogens is 442 g/mol. The van der Waals surface area contributed by atoms with E-state index in [1.54, 1.807) is 6.92 Å². The van der Waals surface area contributed by atoms with Crippen molar-refractivity contribution in [3.05, 3.63) is 58.6 Å². The Kier molecular flexibility index (Phi) is 6.27. The number of hydrogen-bond acceptors (Lipinski definition) is 5. The molecule has 1 atom stereocenters. The molecule has 1 unspecified atom stereocenters. The summed E-state index contributed by atoms with van der Waals surface area (Å²) < 4.78 is 1.95. The van der Waals surface area contributed by atoms with E-state index in [-0.39, 0.29) is 17.6 Å². The fourth-order valence-corrected chi connectivity index (χ4v) is 4.66. The molecule has 1 N–H and O–H groups in total. The molecule has 32 heavy (non-hydrogen) atoms. The SMILES string of the molecule is Cc1ccc(C)c(-n2c(SCC(=O)NC(C)(C#N)C3CC3)nnc2-c2ccccc2Cl)c1. The molecule has 0 aliphatic heterocycles. The van der Waals surface area contributed by atoms with E-state index in [2.05, 4.69) is 39.8 Å².